The molecule has 4 aromatic rings. The summed E-state index contributed by atoms with van der Waals surface area (Å²) in [6.45, 7) is 2.71. The lowest BCUT2D eigenvalue weighted by atomic mass is 10.2. The number of fused-ring (bicyclic) bond motifs is 1. The second-order valence-electron chi connectivity index (χ2n) is 7.01. The van der Waals surface area contributed by atoms with Crippen molar-refractivity contribution in [3.63, 3.8) is 0 Å². The molecule has 0 N–H and O–H groups in total. The normalized spacial score (nSPS) is 11.0. The van der Waals surface area contributed by atoms with Gasteiger partial charge >= 0.3 is 5.69 Å². The Morgan fingerprint density at radius 1 is 1.03 bits per heavy atom. The molecule has 0 radical (unpaired) electrons. The van der Waals surface area contributed by atoms with E-state index < -0.39 is 11.2 Å². The molecule has 0 spiro atoms. The lowest BCUT2D eigenvalue weighted by Gasteiger charge is -2.22. The topological polar surface area (TPSA) is 64.3 Å². The summed E-state index contributed by atoms with van der Waals surface area (Å²) in [5.41, 5.74) is 0.929. The number of likely N-dealkylation sites (N-methyl/N-ethyl adjacent to an activating group) is 1. The number of aromatic nitrogens is 2. The van der Waals surface area contributed by atoms with E-state index in [0.29, 0.717) is 34.0 Å². The maximum absolute atomic E-state index is 13.3. The van der Waals surface area contributed by atoms with Gasteiger partial charge in [0.1, 0.15) is 11.2 Å². The van der Waals surface area contributed by atoms with Crippen LogP contribution in [0.15, 0.2) is 75.6 Å². The molecule has 0 aliphatic rings. The first kappa shape index (κ1) is 21.1. The number of carbonyl (C=O) groups excluding carboxylic acids is 1. The second kappa shape index (κ2) is 8.91. The summed E-state index contributed by atoms with van der Waals surface area (Å²) in [5.74, 6) is -0.192. The van der Waals surface area contributed by atoms with E-state index in [1.807, 2.05) is 37.3 Å². The van der Waals surface area contributed by atoms with Gasteiger partial charge in [-0.15, -0.1) is 11.3 Å². The predicted molar refractivity (Wildman–Crippen MR) is 124 cm³/mol. The largest absolute Gasteiger partial charge is 0.337 e. The number of hydrogen-bond donors (Lipinski definition) is 0. The zero-order valence-corrected chi connectivity index (χ0v) is 18.4. The molecule has 6 nitrogen and oxygen atoms in total. The summed E-state index contributed by atoms with van der Waals surface area (Å²) >= 11 is 7.20. The average Bonchev–Trinajstić information content (AvgIpc) is 3.27. The van der Waals surface area contributed by atoms with Crippen LogP contribution in [0.1, 0.15) is 12.5 Å². The van der Waals surface area contributed by atoms with Crippen LogP contribution in [-0.4, -0.2) is 26.5 Å². The van der Waals surface area contributed by atoms with E-state index in [1.165, 1.54) is 15.9 Å². The van der Waals surface area contributed by atoms with Gasteiger partial charge in [-0.25, -0.2) is 9.36 Å². The number of rotatable bonds is 6. The van der Waals surface area contributed by atoms with E-state index >= 15 is 0 Å². The quantitative estimate of drug-likeness (QED) is 0.444. The van der Waals surface area contributed by atoms with Crippen LogP contribution in [0.4, 0.5) is 0 Å². The molecule has 158 valence electrons. The van der Waals surface area contributed by atoms with Gasteiger partial charge in [-0.1, -0.05) is 41.9 Å². The standard InChI is InChI=1S/C23H20ClN3O3S/c1-2-25(14-16-6-4-3-5-7-16)20(28)15-26-19-12-13-31-21(19)22(29)27(23(26)30)18-10-8-17(24)9-11-18/h3-13H,2,14-15H2,1H3. The molecule has 0 unspecified atom stereocenters. The molecule has 1 amide bonds. The highest BCUT2D eigenvalue weighted by Gasteiger charge is 2.20. The molecule has 0 saturated carbocycles. The van der Waals surface area contributed by atoms with Crippen LogP contribution in [0.2, 0.25) is 5.02 Å². The first-order valence-corrected chi connectivity index (χ1v) is 11.1. The van der Waals surface area contributed by atoms with E-state index in [2.05, 4.69) is 0 Å². The number of nitrogens with zero attached hydrogens (tertiary/aromatic N) is 3. The molecule has 0 saturated heterocycles. The fraction of sp³-hybridized carbons (Fsp3) is 0.174. The minimum Gasteiger partial charge on any atom is -0.337 e. The van der Waals surface area contributed by atoms with Crippen molar-refractivity contribution in [3.05, 3.63) is 97.5 Å². The summed E-state index contributed by atoms with van der Waals surface area (Å²) in [7, 11) is 0. The van der Waals surface area contributed by atoms with Gasteiger partial charge in [0.05, 0.1) is 11.2 Å². The van der Waals surface area contributed by atoms with Crippen molar-refractivity contribution in [2.24, 2.45) is 0 Å². The van der Waals surface area contributed by atoms with Gasteiger partial charge in [0.25, 0.3) is 5.56 Å². The minimum atomic E-state index is -0.553. The van der Waals surface area contributed by atoms with E-state index in [-0.39, 0.29) is 12.5 Å². The van der Waals surface area contributed by atoms with Crippen LogP contribution in [0, 0.1) is 0 Å². The summed E-state index contributed by atoms with van der Waals surface area (Å²) in [6, 6.07) is 17.9. The molecule has 0 fully saturated rings. The van der Waals surface area contributed by atoms with Gasteiger partial charge in [-0.05, 0) is 48.2 Å². The van der Waals surface area contributed by atoms with E-state index in [4.69, 9.17) is 11.6 Å². The minimum absolute atomic E-state index is 0.152. The maximum atomic E-state index is 13.3. The monoisotopic (exact) mass is 453 g/mol. The number of carbonyl (C=O) groups is 1. The molecule has 8 heteroatoms. The number of benzene rings is 2. The first-order chi connectivity index (χ1) is 15.0. The maximum Gasteiger partial charge on any atom is 0.336 e. The molecule has 0 aliphatic carbocycles. The fourth-order valence-electron chi connectivity index (χ4n) is 3.47. The Morgan fingerprint density at radius 2 is 1.74 bits per heavy atom. The van der Waals surface area contributed by atoms with Crippen molar-refractivity contribution >= 4 is 39.1 Å². The number of amides is 1. The van der Waals surface area contributed by atoms with Crippen LogP contribution in [0.25, 0.3) is 15.9 Å². The van der Waals surface area contributed by atoms with Crippen LogP contribution >= 0.6 is 22.9 Å². The zero-order chi connectivity index (χ0) is 22.0. The average molecular weight is 454 g/mol. The molecule has 2 heterocycles. The molecular formula is C23H20ClN3O3S. The van der Waals surface area contributed by atoms with E-state index in [1.54, 1.807) is 40.6 Å². The van der Waals surface area contributed by atoms with Crippen molar-refractivity contribution < 1.29 is 4.79 Å². The predicted octanol–water partition coefficient (Wildman–Crippen LogP) is 3.92. The van der Waals surface area contributed by atoms with E-state index in [9.17, 15) is 14.4 Å². The third-order valence-corrected chi connectivity index (χ3v) is 6.23. The number of halogens is 1. The molecule has 0 atom stereocenters. The Hall–Kier alpha value is -3.16. The first-order valence-electron chi connectivity index (χ1n) is 9.80. The second-order valence-corrected chi connectivity index (χ2v) is 8.37. The molecular weight excluding hydrogens is 434 g/mol. The molecule has 0 aliphatic heterocycles. The van der Waals surface area contributed by atoms with Gasteiger partial charge < -0.3 is 4.90 Å². The highest BCUT2D eigenvalue weighted by molar-refractivity contribution is 7.17. The Labute approximate surface area is 187 Å². The molecule has 0 bridgehead atoms. The van der Waals surface area contributed by atoms with Crippen molar-refractivity contribution in [3.8, 4) is 5.69 Å². The summed E-state index contributed by atoms with van der Waals surface area (Å²) in [4.78, 5) is 41.1. The van der Waals surface area contributed by atoms with Gasteiger partial charge in [-0.3, -0.25) is 14.2 Å². The Morgan fingerprint density at radius 3 is 2.42 bits per heavy atom. The Balaban J connectivity index is 1.76. The summed E-state index contributed by atoms with van der Waals surface area (Å²) in [5, 5.41) is 2.25. The van der Waals surface area contributed by atoms with Crippen molar-refractivity contribution in [2.75, 3.05) is 6.54 Å². The van der Waals surface area contributed by atoms with Gasteiger partial charge in [0.2, 0.25) is 5.91 Å². The van der Waals surface area contributed by atoms with Crippen molar-refractivity contribution in [1.82, 2.24) is 14.0 Å². The third kappa shape index (κ3) is 4.19. The van der Waals surface area contributed by atoms with Crippen LogP contribution in [-0.2, 0) is 17.9 Å². The third-order valence-electron chi connectivity index (χ3n) is 5.08. The van der Waals surface area contributed by atoms with Crippen LogP contribution in [0.3, 0.4) is 0 Å². The number of thiophene rings is 1. The SMILES string of the molecule is CCN(Cc1ccccc1)C(=O)Cn1c(=O)n(-c2ccc(Cl)cc2)c(=O)c2sccc21. The Kier molecular flexibility index (Phi) is 6.06. The molecule has 2 aromatic carbocycles. The number of hydrogen-bond acceptors (Lipinski definition) is 4. The molecule has 31 heavy (non-hydrogen) atoms. The smallest absolute Gasteiger partial charge is 0.336 e. The fourth-order valence-corrected chi connectivity index (χ4v) is 4.42. The van der Waals surface area contributed by atoms with Crippen LogP contribution in [0.5, 0.6) is 0 Å². The van der Waals surface area contributed by atoms with Crippen molar-refractivity contribution in [1.29, 1.82) is 0 Å². The summed E-state index contributed by atoms with van der Waals surface area (Å²) in [6.07, 6.45) is 0. The highest BCUT2D eigenvalue weighted by Crippen LogP contribution is 2.18. The molecule has 2 aromatic heterocycles. The lowest BCUT2D eigenvalue weighted by Crippen LogP contribution is -2.42. The lowest BCUT2D eigenvalue weighted by molar-refractivity contribution is -0.132. The Bertz CT molecular complexity index is 1340. The van der Waals surface area contributed by atoms with E-state index in [0.717, 1.165) is 10.1 Å². The van der Waals surface area contributed by atoms with Crippen LogP contribution < -0.4 is 11.2 Å². The van der Waals surface area contributed by atoms with Crippen molar-refractivity contribution in [2.45, 2.75) is 20.0 Å². The highest BCUT2D eigenvalue weighted by atomic mass is 35.5. The van der Waals surface area contributed by atoms with Gasteiger partial charge in [0, 0.05) is 18.1 Å². The van der Waals surface area contributed by atoms with Gasteiger partial charge in [0.15, 0.2) is 0 Å². The summed E-state index contributed by atoms with van der Waals surface area (Å²) < 4.78 is 2.89. The zero-order valence-electron chi connectivity index (χ0n) is 16.8. The van der Waals surface area contributed by atoms with Gasteiger partial charge in [-0.2, -0.15) is 0 Å². The molecule has 4 rings (SSSR count).